The van der Waals surface area contributed by atoms with Crippen LogP contribution in [0.3, 0.4) is 0 Å². The van der Waals surface area contributed by atoms with E-state index in [1.54, 1.807) is 30.3 Å². The van der Waals surface area contributed by atoms with Gasteiger partial charge in [-0.1, -0.05) is 42.5 Å². The molecule has 1 aromatic heterocycles. The van der Waals surface area contributed by atoms with Crippen LogP contribution in [0, 0.1) is 0 Å². The molecule has 0 bridgehead atoms. The SMILES string of the molecule is COC(=O)[C@H](CN)NC(=O)c1sc(C(=O)NCc2cccc(O)c2)cc1-c1ccccc1. The minimum absolute atomic E-state index is 0.109. The highest BCUT2D eigenvalue weighted by molar-refractivity contribution is 7.16. The number of methoxy groups -OCH3 is 1. The van der Waals surface area contributed by atoms with E-state index in [1.165, 1.54) is 7.11 Å². The minimum atomic E-state index is -0.999. The van der Waals surface area contributed by atoms with Crippen LogP contribution in [0.2, 0.25) is 0 Å². The fourth-order valence-electron chi connectivity index (χ4n) is 3.02. The summed E-state index contributed by atoms with van der Waals surface area (Å²) in [5.41, 5.74) is 7.64. The van der Waals surface area contributed by atoms with Gasteiger partial charge in [-0.3, -0.25) is 9.59 Å². The van der Waals surface area contributed by atoms with Gasteiger partial charge < -0.3 is 26.2 Å². The molecule has 0 spiro atoms. The largest absolute Gasteiger partial charge is 0.508 e. The van der Waals surface area contributed by atoms with E-state index in [9.17, 15) is 19.5 Å². The van der Waals surface area contributed by atoms with Gasteiger partial charge in [0, 0.05) is 18.7 Å². The molecule has 0 fully saturated rings. The predicted octanol–water partition coefficient (Wildman–Crippen LogP) is 2.28. The van der Waals surface area contributed by atoms with Crippen molar-refractivity contribution in [2.24, 2.45) is 5.73 Å². The minimum Gasteiger partial charge on any atom is -0.508 e. The highest BCUT2D eigenvalue weighted by atomic mass is 32.1. The number of ether oxygens (including phenoxy) is 1. The van der Waals surface area contributed by atoms with Gasteiger partial charge in [0.05, 0.1) is 12.0 Å². The Balaban J connectivity index is 1.86. The molecular formula is C23H23N3O5S. The molecule has 9 heteroatoms. The number of thiophene rings is 1. The van der Waals surface area contributed by atoms with Gasteiger partial charge in [-0.25, -0.2) is 4.79 Å². The molecule has 1 atom stereocenters. The van der Waals surface area contributed by atoms with Crippen molar-refractivity contribution in [2.75, 3.05) is 13.7 Å². The Kier molecular flexibility index (Phi) is 7.58. The molecule has 0 aliphatic carbocycles. The molecule has 166 valence electrons. The Morgan fingerprint density at radius 2 is 1.81 bits per heavy atom. The van der Waals surface area contributed by atoms with Crippen LogP contribution in [0.25, 0.3) is 11.1 Å². The van der Waals surface area contributed by atoms with Crippen molar-refractivity contribution < 1.29 is 24.2 Å². The highest BCUT2D eigenvalue weighted by Gasteiger charge is 2.25. The first kappa shape index (κ1) is 23.0. The normalized spacial score (nSPS) is 11.4. The highest BCUT2D eigenvalue weighted by Crippen LogP contribution is 2.32. The molecule has 0 unspecified atom stereocenters. The number of benzene rings is 2. The number of carbonyl (C=O) groups excluding carboxylic acids is 3. The van der Waals surface area contributed by atoms with Crippen LogP contribution < -0.4 is 16.4 Å². The number of nitrogens with two attached hydrogens (primary N) is 1. The number of phenolic OH excluding ortho intramolecular Hbond substituents is 1. The first-order valence-corrected chi connectivity index (χ1v) is 10.6. The number of esters is 1. The van der Waals surface area contributed by atoms with Crippen LogP contribution in [0.5, 0.6) is 5.75 Å². The van der Waals surface area contributed by atoms with Crippen molar-refractivity contribution in [3.8, 4) is 16.9 Å². The zero-order valence-electron chi connectivity index (χ0n) is 17.3. The van der Waals surface area contributed by atoms with E-state index in [1.807, 2.05) is 30.3 Å². The van der Waals surface area contributed by atoms with E-state index < -0.39 is 17.9 Å². The van der Waals surface area contributed by atoms with Gasteiger partial charge >= 0.3 is 5.97 Å². The van der Waals surface area contributed by atoms with Gasteiger partial charge in [-0.05, 0) is 29.3 Å². The Labute approximate surface area is 189 Å². The Morgan fingerprint density at radius 1 is 1.06 bits per heavy atom. The van der Waals surface area contributed by atoms with Crippen molar-refractivity contribution in [1.29, 1.82) is 0 Å². The van der Waals surface area contributed by atoms with E-state index in [0.29, 0.717) is 10.4 Å². The van der Waals surface area contributed by atoms with E-state index in [0.717, 1.165) is 22.5 Å². The molecule has 0 radical (unpaired) electrons. The lowest BCUT2D eigenvalue weighted by atomic mass is 10.1. The third kappa shape index (κ3) is 5.51. The predicted molar refractivity (Wildman–Crippen MR) is 121 cm³/mol. The number of nitrogens with one attached hydrogen (secondary N) is 2. The number of hydrogen-bond donors (Lipinski definition) is 4. The van der Waals surface area contributed by atoms with Crippen LogP contribution in [-0.2, 0) is 16.1 Å². The summed E-state index contributed by atoms with van der Waals surface area (Å²) in [6.45, 7) is 0.0899. The summed E-state index contributed by atoms with van der Waals surface area (Å²) < 4.78 is 4.67. The summed E-state index contributed by atoms with van der Waals surface area (Å²) in [5, 5.41) is 14.9. The summed E-state index contributed by atoms with van der Waals surface area (Å²) in [7, 11) is 1.21. The Hall–Kier alpha value is -3.69. The maximum Gasteiger partial charge on any atom is 0.329 e. The molecule has 0 aliphatic rings. The molecule has 0 aliphatic heterocycles. The molecule has 3 rings (SSSR count). The second-order valence-electron chi connectivity index (χ2n) is 6.86. The second kappa shape index (κ2) is 10.6. The van der Waals surface area contributed by atoms with Crippen molar-refractivity contribution in [2.45, 2.75) is 12.6 Å². The van der Waals surface area contributed by atoms with Crippen LogP contribution in [0.1, 0.15) is 24.9 Å². The number of hydrogen-bond acceptors (Lipinski definition) is 7. The summed E-state index contributed by atoms with van der Waals surface area (Å²) in [4.78, 5) is 38.2. The van der Waals surface area contributed by atoms with Crippen LogP contribution in [0.15, 0.2) is 60.7 Å². The van der Waals surface area contributed by atoms with Gasteiger partial charge in [-0.2, -0.15) is 0 Å². The average molecular weight is 454 g/mol. The quantitative estimate of drug-likeness (QED) is 0.387. The molecule has 0 saturated carbocycles. The van der Waals surface area contributed by atoms with Crippen molar-refractivity contribution in [1.82, 2.24) is 10.6 Å². The van der Waals surface area contributed by atoms with E-state index in [2.05, 4.69) is 15.4 Å². The van der Waals surface area contributed by atoms with Gasteiger partial charge in [0.15, 0.2) is 0 Å². The van der Waals surface area contributed by atoms with Gasteiger partial charge in [-0.15, -0.1) is 11.3 Å². The summed E-state index contributed by atoms with van der Waals surface area (Å²) >= 11 is 1.01. The Morgan fingerprint density at radius 3 is 2.47 bits per heavy atom. The maximum absolute atomic E-state index is 13.0. The monoisotopic (exact) mass is 453 g/mol. The summed E-state index contributed by atoms with van der Waals surface area (Å²) in [6, 6.07) is 16.4. The molecule has 5 N–H and O–H groups in total. The van der Waals surface area contributed by atoms with Crippen molar-refractivity contribution in [3.05, 3.63) is 76.0 Å². The van der Waals surface area contributed by atoms with Gasteiger partial charge in [0.25, 0.3) is 11.8 Å². The number of phenols is 1. The average Bonchev–Trinajstić information content (AvgIpc) is 3.27. The number of rotatable bonds is 8. The molecule has 32 heavy (non-hydrogen) atoms. The van der Waals surface area contributed by atoms with E-state index in [-0.39, 0.29) is 29.6 Å². The maximum atomic E-state index is 13.0. The zero-order valence-corrected chi connectivity index (χ0v) is 18.1. The summed E-state index contributed by atoms with van der Waals surface area (Å²) in [6.07, 6.45) is 0. The van der Waals surface area contributed by atoms with Crippen LogP contribution in [0.4, 0.5) is 0 Å². The third-order valence-corrected chi connectivity index (χ3v) is 5.77. The first-order chi connectivity index (χ1) is 15.4. The molecule has 2 amide bonds. The molecule has 8 nitrogen and oxygen atoms in total. The molecule has 3 aromatic rings. The molecular weight excluding hydrogens is 430 g/mol. The molecule has 0 saturated heterocycles. The number of carbonyl (C=O) groups is 3. The second-order valence-corrected chi connectivity index (χ2v) is 7.91. The van der Waals surface area contributed by atoms with Crippen molar-refractivity contribution >= 4 is 29.1 Å². The number of amides is 2. The lowest BCUT2D eigenvalue weighted by Crippen LogP contribution is -2.46. The first-order valence-electron chi connectivity index (χ1n) is 9.77. The van der Waals surface area contributed by atoms with E-state index >= 15 is 0 Å². The zero-order chi connectivity index (χ0) is 23.1. The Bertz CT molecular complexity index is 1110. The van der Waals surface area contributed by atoms with Gasteiger partial charge in [0.1, 0.15) is 16.7 Å². The lowest BCUT2D eigenvalue weighted by Gasteiger charge is -2.14. The van der Waals surface area contributed by atoms with Gasteiger partial charge in [0.2, 0.25) is 0 Å². The fourth-order valence-corrected chi connectivity index (χ4v) is 4.02. The lowest BCUT2D eigenvalue weighted by molar-refractivity contribution is -0.142. The topological polar surface area (TPSA) is 131 Å². The molecule has 1 heterocycles. The summed E-state index contributed by atoms with van der Waals surface area (Å²) in [5.74, 6) is -1.43. The standard InChI is InChI=1S/C23H23N3O5S/c1-31-23(30)18(12-24)26-22(29)20-17(15-7-3-2-4-8-15)11-19(32-20)21(28)25-13-14-6-5-9-16(27)10-14/h2-11,18,27H,12-13,24H2,1H3,(H,25,28)(H,26,29)/t18-/m0/s1. The van der Waals surface area contributed by atoms with Crippen molar-refractivity contribution in [3.63, 3.8) is 0 Å². The van der Waals surface area contributed by atoms with Crippen LogP contribution >= 0.6 is 11.3 Å². The third-order valence-electron chi connectivity index (χ3n) is 4.64. The number of aromatic hydroxyl groups is 1. The fraction of sp³-hybridized carbons (Fsp3) is 0.174. The molecule has 2 aromatic carbocycles. The van der Waals surface area contributed by atoms with E-state index in [4.69, 9.17) is 5.73 Å². The smallest absolute Gasteiger partial charge is 0.329 e. The van der Waals surface area contributed by atoms with Crippen LogP contribution in [-0.4, -0.2) is 42.6 Å².